The Labute approximate surface area is 119 Å². The van der Waals surface area contributed by atoms with Gasteiger partial charge in [-0.05, 0) is 31.7 Å². The summed E-state index contributed by atoms with van der Waals surface area (Å²) in [5, 5.41) is 9.51. The zero-order chi connectivity index (χ0) is 14.3. The van der Waals surface area contributed by atoms with Crippen LogP contribution < -0.4 is 0 Å². The minimum absolute atomic E-state index is 0.0488. The number of nitrogens with zero attached hydrogens (tertiary/aromatic N) is 2. The van der Waals surface area contributed by atoms with Gasteiger partial charge < -0.3 is 14.9 Å². The van der Waals surface area contributed by atoms with E-state index in [4.69, 9.17) is 0 Å². The summed E-state index contributed by atoms with van der Waals surface area (Å²) in [5.74, 6) is -1.31. The average Bonchev–Trinajstić information content (AvgIpc) is 2.69. The van der Waals surface area contributed by atoms with Gasteiger partial charge in [-0.1, -0.05) is 12.2 Å². The molecule has 1 aliphatic heterocycles. The van der Waals surface area contributed by atoms with E-state index in [0.717, 1.165) is 39.0 Å². The van der Waals surface area contributed by atoms with Gasteiger partial charge in [0.15, 0.2) is 0 Å². The lowest BCUT2D eigenvalue weighted by atomic mass is 9.86. The number of carboxylic acids is 1. The van der Waals surface area contributed by atoms with Gasteiger partial charge in [0.25, 0.3) is 0 Å². The molecule has 5 nitrogen and oxygen atoms in total. The van der Waals surface area contributed by atoms with Crippen LogP contribution >= 0.6 is 0 Å². The highest BCUT2D eigenvalue weighted by molar-refractivity contribution is 5.86. The monoisotopic (exact) mass is 278 g/mol. The molecule has 20 heavy (non-hydrogen) atoms. The molecule has 1 saturated heterocycles. The minimum Gasteiger partial charge on any atom is -0.481 e. The molecule has 3 rings (SSSR count). The quantitative estimate of drug-likeness (QED) is 0.754. The van der Waals surface area contributed by atoms with Crippen molar-refractivity contribution in [1.82, 2.24) is 9.80 Å². The van der Waals surface area contributed by atoms with Gasteiger partial charge in [-0.25, -0.2) is 0 Å². The molecule has 0 spiro atoms. The number of carbonyl (C=O) groups excluding carboxylic acids is 1. The largest absolute Gasteiger partial charge is 0.481 e. The molecule has 0 aromatic heterocycles. The van der Waals surface area contributed by atoms with Gasteiger partial charge in [0.1, 0.15) is 0 Å². The van der Waals surface area contributed by atoms with E-state index in [1.165, 1.54) is 0 Å². The van der Waals surface area contributed by atoms with Crippen LogP contribution in [0.25, 0.3) is 0 Å². The molecule has 2 fully saturated rings. The maximum absolute atomic E-state index is 12.8. The molecule has 0 radical (unpaired) electrons. The molecule has 1 amide bonds. The number of hydrogen-bond donors (Lipinski definition) is 1. The van der Waals surface area contributed by atoms with Gasteiger partial charge in [0.05, 0.1) is 11.8 Å². The van der Waals surface area contributed by atoms with E-state index in [0.29, 0.717) is 0 Å². The van der Waals surface area contributed by atoms with E-state index >= 15 is 0 Å². The molecule has 2 aliphatic carbocycles. The lowest BCUT2D eigenvalue weighted by Crippen LogP contribution is -2.51. The van der Waals surface area contributed by atoms with Crippen molar-refractivity contribution < 1.29 is 14.7 Å². The third kappa shape index (κ3) is 2.24. The Morgan fingerprint density at radius 2 is 1.85 bits per heavy atom. The van der Waals surface area contributed by atoms with Crippen molar-refractivity contribution in [2.75, 3.05) is 33.2 Å². The van der Waals surface area contributed by atoms with Crippen LogP contribution in [0.3, 0.4) is 0 Å². The first-order valence-corrected chi connectivity index (χ1v) is 7.44. The van der Waals surface area contributed by atoms with Crippen LogP contribution in [0.15, 0.2) is 12.2 Å². The average molecular weight is 278 g/mol. The first-order valence-electron chi connectivity index (χ1n) is 7.44. The SMILES string of the molecule is CN1CCN(C(=O)C2C(C(=O)O)C3C=CC[C@@H]2C3)CC1. The van der Waals surface area contributed by atoms with E-state index in [-0.39, 0.29) is 23.7 Å². The second kappa shape index (κ2) is 5.20. The molecule has 1 saturated carbocycles. The first kappa shape index (κ1) is 13.6. The number of carboxylic acid groups (broad SMARTS) is 1. The van der Waals surface area contributed by atoms with Crippen LogP contribution in [0.1, 0.15) is 12.8 Å². The number of amides is 1. The highest BCUT2D eigenvalue weighted by Gasteiger charge is 2.51. The topological polar surface area (TPSA) is 60.9 Å². The fourth-order valence-corrected chi connectivity index (χ4v) is 4.00. The van der Waals surface area contributed by atoms with E-state index in [1.807, 2.05) is 18.0 Å². The molecule has 110 valence electrons. The predicted molar refractivity (Wildman–Crippen MR) is 74.0 cm³/mol. The van der Waals surface area contributed by atoms with Crippen molar-refractivity contribution in [1.29, 1.82) is 0 Å². The minimum atomic E-state index is -0.809. The van der Waals surface area contributed by atoms with Crippen LogP contribution in [0.2, 0.25) is 0 Å². The summed E-state index contributed by atoms with van der Waals surface area (Å²) >= 11 is 0. The predicted octanol–water partition coefficient (Wildman–Crippen LogP) is 0.673. The van der Waals surface area contributed by atoms with Crippen LogP contribution in [0.5, 0.6) is 0 Å². The summed E-state index contributed by atoms with van der Waals surface area (Å²) in [7, 11) is 2.05. The highest BCUT2D eigenvalue weighted by Crippen LogP contribution is 2.48. The highest BCUT2D eigenvalue weighted by atomic mass is 16.4. The maximum Gasteiger partial charge on any atom is 0.307 e. The fourth-order valence-electron chi connectivity index (χ4n) is 4.00. The van der Waals surface area contributed by atoms with E-state index < -0.39 is 11.9 Å². The smallest absolute Gasteiger partial charge is 0.307 e. The third-order valence-electron chi connectivity index (χ3n) is 5.14. The third-order valence-corrected chi connectivity index (χ3v) is 5.14. The molecule has 3 aliphatic rings. The van der Waals surface area contributed by atoms with Crippen LogP contribution in [-0.2, 0) is 9.59 Å². The Hall–Kier alpha value is -1.36. The number of hydrogen-bond acceptors (Lipinski definition) is 3. The van der Waals surface area contributed by atoms with Gasteiger partial charge in [0, 0.05) is 26.2 Å². The van der Waals surface area contributed by atoms with Crippen molar-refractivity contribution in [3.8, 4) is 0 Å². The van der Waals surface area contributed by atoms with Gasteiger partial charge >= 0.3 is 5.97 Å². The lowest BCUT2D eigenvalue weighted by molar-refractivity contribution is -0.151. The van der Waals surface area contributed by atoms with E-state index in [9.17, 15) is 14.7 Å². The van der Waals surface area contributed by atoms with Crippen LogP contribution in [0, 0.1) is 23.7 Å². The summed E-state index contributed by atoms with van der Waals surface area (Å²) in [6.45, 7) is 3.21. The standard InChI is InChI=1S/C15H22N2O3/c1-16-5-7-17(8-6-16)14(18)12-10-3-2-4-11(9-10)13(12)15(19)20/h2,4,10-13H,3,5-9H2,1H3,(H,19,20)/t10-,11?,12?,13?/m1/s1. The Morgan fingerprint density at radius 3 is 2.50 bits per heavy atom. The van der Waals surface area contributed by atoms with Crippen LogP contribution in [0.4, 0.5) is 0 Å². The summed E-state index contributed by atoms with van der Waals surface area (Å²) < 4.78 is 0. The van der Waals surface area contributed by atoms with E-state index in [2.05, 4.69) is 11.0 Å². The summed E-state index contributed by atoms with van der Waals surface area (Å²) in [5.41, 5.74) is 0. The van der Waals surface area contributed by atoms with Gasteiger partial charge in [-0.2, -0.15) is 0 Å². The molecular weight excluding hydrogens is 256 g/mol. The zero-order valence-electron chi connectivity index (χ0n) is 11.9. The first-order chi connectivity index (χ1) is 9.58. The number of aliphatic carboxylic acids is 1. The second-order valence-corrected chi connectivity index (χ2v) is 6.34. The number of carbonyl (C=O) groups is 2. The van der Waals surface area contributed by atoms with Crippen molar-refractivity contribution in [3.63, 3.8) is 0 Å². The normalized spacial score (nSPS) is 37.1. The van der Waals surface area contributed by atoms with Gasteiger partial charge in [-0.15, -0.1) is 0 Å². The Kier molecular flexibility index (Phi) is 3.54. The van der Waals surface area contributed by atoms with Crippen molar-refractivity contribution in [2.24, 2.45) is 23.7 Å². The molecule has 0 aromatic rings. The molecule has 1 N–H and O–H groups in total. The molecular formula is C15H22N2O3. The molecule has 0 aromatic carbocycles. The van der Waals surface area contributed by atoms with Gasteiger partial charge in [0.2, 0.25) is 5.91 Å². The van der Waals surface area contributed by atoms with Crippen molar-refractivity contribution >= 4 is 11.9 Å². The number of piperazine rings is 1. The molecule has 1 heterocycles. The molecule has 5 heteroatoms. The van der Waals surface area contributed by atoms with E-state index in [1.54, 1.807) is 0 Å². The summed E-state index contributed by atoms with van der Waals surface area (Å²) in [6, 6.07) is 0. The summed E-state index contributed by atoms with van der Waals surface area (Å²) in [4.78, 5) is 28.4. The van der Waals surface area contributed by atoms with Crippen molar-refractivity contribution in [3.05, 3.63) is 12.2 Å². The molecule has 3 unspecified atom stereocenters. The zero-order valence-corrected chi connectivity index (χ0v) is 11.9. The Balaban J connectivity index is 1.77. The second-order valence-electron chi connectivity index (χ2n) is 6.34. The number of rotatable bonds is 2. The van der Waals surface area contributed by atoms with Crippen LogP contribution in [-0.4, -0.2) is 60.0 Å². The van der Waals surface area contributed by atoms with Gasteiger partial charge in [-0.3, -0.25) is 9.59 Å². The Morgan fingerprint density at radius 1 is 1.15 bits per heavy atom. The number of likely N-dealkylation sites (N-methyl/N-ethyl adjacent to an activating group) is 1. The van der Waals surface area contributed by atoms with Crippen molar-refractivity contribution in [2.45, 2.75) is 12.8 Å². The maximum atomic E-state index is 12.8. The number of allylic oxidation sites excluding steroid dienone is 2. The summed E-state index contributed by atoms with van der Waals surface area (Å²) in [6.07, 6.45) is 5.78. The number of fused-ring (bicyclic) bond motifs is 2. The molecule has 4 atom stereocenters. The Bertz CT molecular complexity index is 440. The molecule has 2 bridgehead atoms. The lowest BCUT2D eigenvalue weighted by Gasteiger charge is -2.35. The fraction of sp³-hybridized carbons (Fsp3) is 0.733.